The molecule has 4 aromatic rings. The number of anilines is 1. The van der Waals surface area contributed by atoms with Crippen LogP contribution < -0.4 is 9.62 Å². The number of hydrogen-bond donors (Lipinski definition) is 1. The Balaban J connectivity index is 1.85. The number of nitrogens with zero attached hydrogens (tertiary/aromatic N) is 2. The number of sulfonamides is 1. The van der Waals surface area contributed by atoms with Gasteiger partial charge in [-0.2, -0.15) is 0 Å². The van der Waals surface area contributed by atoms with E-state index in [1.807, 2.05) is 70.2 Å². The van der Waals surface area contributed by atoms with E-state index in [4.69, 9.17) is 23.2 Å². The van der Waals surface area contributed by atoms with E-state index in [9.17, 15) is 18.0 Å². The second-order valence-electron chi connectivity index (χ2n) is 12.2. The van der Waals surface area contributed by atoms with Crippen LogP contribution in [-0.4, -0.2) is 44.3 Å². The molecule has 0 aromatic heterocycles. The Morgan fingerprint density at radius 1 is 0.830 bits per heavy atom. The molecule has 47 heavy (non-hydrogen) atoms. The fourth-order valence-electron chi connectivity index (χ4n) is 5.15. The van der Waals surface area contributed by atoms with Crippen LogP contribution in [0.3, 0.4) is 0 Å². The topological polar surface area (TPSA) is 86.8 Å². The third kappa shape index (κ3) is 9.37. The van der Waals surface area contributed by atoms with Gasteiger partial charge in [-0.05, 0) is 79.3 Å². The van der Waals surface area contributed by atoms with E-state index in [1.165, 1.54) is 17.0 Å². The number of carbonyl (C=O) groups excluding carboxylic acids is 2. The number of halogens is 2. The van der Waals surface area contributed by atoms with Gasteiger partial charge in [0.1, 0.15) is 12.6 Å². The van der Waals surface area contributed by atoms with Gasteiger partial charge < -0.3 is 10.2 Å². The fraction of sp³-hybridized carbons (Fsp3) is 0.297. The molecule has 0 heterocycles. The number of aryl methyl sites for hydroxylation is 3. The van der Waals surface area contributed by atoms with Gasteiger partial charge in [-0.25, -0.2) is 8.42 Å². The molecule has 7 nitrogen and oxygen atoms in total. The van der Waals surface area contributed by atoms with Crippen LogP contribution in [0.2, 0.25) is 10.0 Å². The number of nitrogens with one attached hydrogen (secondary N) is 1. The van der Waals surface area contributed by atoms with E-state index in [2.05, 4.69) is 5.32 Å². The minimum atomic E-state index is -4.21. The first kappa shape index (κ1) is 36.0. The molecule has 4 aromatic carbocycles. The third-order valence-corrected chi connectivity index (χ3v) is 10.2. The van der Waals surface area contributed by atoms with Crippen molar-refractivity contribution in [3.05, 3.63) is 129 Å². The molecule has 0 fully saturated rings. The lowest BCUT2D eigenvalue weighted by Crippen LogP contribution is -2.53. The van der Waals surface area contributed by atoms with Crippen molar-refractivity contribution in [3.63, 3.8) is 0 Å². The molecule has 1 unspecified atom stereocenters. The van der Waals surface area contributed by atoms with E-state index in [1.54, 1.807) is 43.3 Å². The molecule has 0 saturated heterocycles. The monoisotopic (exact) mass is 693 g/mol. The van der Waals surface area contributed by atoms with Gasteiger partial charge in [0.2, 0.25) is 11.8 Å². The van der Waals surface area contributed by atoms with Crippen LogP contribution in [0.15, 0.2) is 95.9 Å². The molecule has 1 atom stereocenters. The first-order chi connectivity index (χ1) is 22.3. The highest BCUT2D eigenvalue weighted by atomic mass is 35.5. The molecule has 0 aliphatic heterocycles. The summed E-state index contributed by atoms with van der Waals surface area (Å²) in [6.45, 7) is 9.33. The summed E-state index contributed by atoms with van der Waals surface area (Å²) in [5, 5.41) is 3.75. The van der Waals surface area contributed by atoms with Crippen molar-refractivity contribution in [1.82, 2.24) is 10.2 Å². The summed E-state index contributed by atoms with van der Waals surface area (Å²) in [6.07, 6.45) is 0.204. The minimum Gasteiger partial charge on any atom is -0.354 e. The van der Waals surface area contributed by atoms with Crippen molar-refractivity contribution < 1.29 is 18.0 Å². The van der Waals surface area contributed by atoms with Gasteiger partial charge in [0.15, 0.2) is 0 Å². The predicted molar refractivity (Wildman–Crippen MR) is 190 cm³/mol. The maximum atomic E-state index is 14.7. The Kier molecular flexibility index (Phi) is 12.1. The number of rotatable bonds is 13. The standard InChI is InChI=1S/C37H41Cl2N3O4S/c1-25(2)22-40-37(44)35(20-29-9-7-6-8-10-29)41(23-30-15-16-31(38)21-33(30)39)36(43)24-42(34-19-27(4)11-14-28(34)5)47(45,46)32-17-12-26(3)13-18-32/h6-19,21,25,35H,20,22-24H2,1-5H3,(H,40,44). The van der Waals surface area contributed by atoms with Crippen molar-refractivity contribution >= 4 is 50.7 Å². The van der Waals surface area contributed by atoms with Gasteiger partial charge in [0.25, 0.3) is 10.0 Å². The Labute approximate surface area is 288 Å². The summed E-state index contributed by atoms with van der Waals surface area (Å²) in [5.41, 5.74) is 4.21. The van der Waals surface area contributed by atoms with Crippen LogP contribution in [0.5, 0.6) is 0 Å². The molecular weight excluding hydrogens is 653 g/mol. The van der Waals surface area contributed by atoms with Crippen molar-refractivity contribution in [2.45, 2.75) is 58.5 Å². The van der Waals surface area contributed by atoms with Gasteiger partial charge in [-0.3, -0.25) is 13.9 Å². The average molecular weight is 695 g/mol. The number of amides is 2. The first-order valence-corrected chi connectivity index (χ1v) is 17.7. The van der Waals surface area contributed by atoms with Gasteiger partial charge >= 0.3 is 0 Å². The van der Waals surface area contributed by atoms with Gasteiger partial charge in [-0.15, -0.1) is 0 Å². The van der Waals surface area contributed by atoms with E-state index in [-0.39, 0.29) is 29.7 Å². The summed E-state index contributed by atoms with van der Waals surface area (Å²) in [5.74, 6) is -0.737. The Bertz CT molecular complexity index is 1810. The van der Waals surface area contributed by atoms with Crippen LogP contribution >= 0.6 is 23.2 Å². The third-order valence-electron chi connectivity index (χ3n) is 7.83. The average Bonchev–Trinajstić information content (AvgIpc) is 3.03. The minimum absolute atomic E-state index is 0.0490. The molecule has 0 aliphatic carbocycles. The zero-order chi connectivity index (χ0) is 34.3. The van der Waals surface area contributed by atoms with Crippen LogP contribution in [0.25, 0.3) is 0 Å². The number of carbonyl (C=O) groups is 2. The Hall–Kier alpha value is -3.85. The highest BCUT2D eigenvalue weighted by Crippen LogP contribution is 2.30. The normalized spacial score (nSPS) is 12.1. The SMILES string of the molecule is Cc1ccc(S(=O)(=O)N(CC(=O)N(Cc2ccc(Cl)cc2Cl)C(Cc2ccccc2)C(=O)NCC(C)C)c2cc(C)ccc2C)cc1. The number of benzene rings is 4. The second kappa shape index (κ2) is 15.8. The molecule has 10 heteroatoms. The molecule has 2 amide bonds. The van der Waals surface area contributed by atoms with Gasteiger partial charge in [0.05, 0.1) is 10.6 Å². The zero-order valence-electron chi connectivity index (χ0n) is 27.3. The maximum Gasteiger partial charge on any atom is 0.264 e. The summed E-state index contributed by atoms with van der Waals surface area (Å²) in [4.78, 5) is 30.1. The molecule has 0 saturated carbocycles. The van der Waals surface area contributed by atoms with Crippen molar-refractivity contribution in [1.29, 1.82) is 0 Å². The quantitative estimate of drug-likeness (QED) is 0.157. The largest absolute Gasteiger partial charge is 0.354 e. The van der Waals surface area contributed by atoms with Crippen LogP contribution in [-0.2, 0) is 32.6 Å². The predicted octanol–water partition coefficient (Wildman–Crippen LogP) is 7.53. The first-order valence-electron chi connectivity index (χ1n) is 15.5. The number of hydrogen-bond acceptors (Lipinski definition) is 4. The highest BCUT2D eigenvalue weighted by molar-refractivity contribution is 7.92. The van der Waals surface area contributed by atoms with Crippen LogP contribution in [0.4, 0.5) is 5.69 Å². The van der Waals surface area contributed by atoms with E-state index >= 15 is 0 Å². The fourth-order valence-corrected chi connectivity index (χ4v) is 7.09. The summed E-state index contributed by atoms with van der Waals surface area (Å²) >= 11 is 12.8. The van der Waals surface area contributed by atoms with Crippen LogP contribution in [0.1, 0.15) is 41.7 Å². The van der Waals surface area contributed by atoms with Crippen molar-refractivity contribution in [3.8, 4) is 0 Å². The molecule has 0 radical (unpaired) electrons. The lowest BCUT2D eigenvalue weighted by molar-refractivity contribution is -0.140. The highest BCUT2D eigenvalue weighted by Gasteiger charge is 2.35. The maximum absolute atomic E-state index is 14.7. The molecule has 248 valence electrons. The lowest BCUT2D eigenvalue weighted by atomic mass is 10.0. The van der Waals surface area contributed by atoms with Gasteiger partial charge in [-0.1, -0.05) is 103 Å². The molecule has 1 N–H and O–H groups in total. The van der Waals surface area contributed by atoms with E-state index in [0.717, 1.165) is 21.0 Å². The smallest absolute Gasteiger partial charge is 0.264 e. The van der Waals surface area contributed by atoms with Crippen LogP contribution in [0, 0.1) is 26.7 Å². The Morgan fingerprint density at radius 2 is 1.49 bits per heavy atom. The van der Waals surface area contributed by atoms with E-state index < -0.39 is 28.5 Å². The van der Waals surface area contributed by atoms with Gasteiger partial charge in [0, 0.05) is 29.6 Å². The molecule has 0 bridgehead atoms. The Morgan fingerprint density at radius 3 is 2.13 bits per heavy atom. The molecule has 0 aliphatic rings. The summed E-state index contributed by atoms with van der Waals surface area (Å²) < 4.78 is 29.8. The summed E-state index contributed by atoms with van der Waals surface area (Å²) in [7, 11) is -4.21. The molecular formula is C37H41Cl2N3O4S. The zero-order valence-corrected chi connectivity index (χ0v) is 29.7. The second-order valence-corrected chi connectivity index (χ2v) is 14.9. The van der Waals surface area contributed by atoms with E-state index in [0.29, 0.717) is 33.4 Å². The molecule has 4 rings (SSSR count). The molecule has 0 spiro atoms. The lowest BCUT2D eigenvalue weighted by Gasteiger charge is -2.34. The van der Waals surface area contributed by atoms with Crippen molar-refractivity contribution in [2.24, 2.45) is 5.92 Å². The van der Waals surface area contributed by atoms with Crippen molar-refractivity contribution in [2.75, 3.05) is 17.4 Å². The summed E-state index contributed by atoms with van der Waals surface area (Å²) in [6, 6.07) is 25.4.